The zero-order valence-electron chi connectivity index (χ0n) is 18.3. The summed E-state index contributed by atoms with van der Waals surface area (Å²) >= 11 is 6.29. The van der Waals surface area contributed by atoms with Crippen molar-refractivity contribution in [1.29, 1.82) is 0 Å². The van der Waals surface area contributed by atoms with Gasteiger partial charge in [0.05, 0.1) is 21.8 Å². The lowest BCUT2D eigenvalue weighted by atomic mass is 9.84. The number of carboxylic acid groups (broad SMARTS) is 1. The average molecular weight is 440 g/mol. The van der Waals surface area contributed by atoms with Crippen LogP contribution >= 0.6 is 11.6 Å². The summed E-state index contributed by atoms with van der Waals surface area (Å²) in [6.45, 7) is 9.18. The van der Waals surface area contributed by atoms with Crippen LogP contribution in [-0.2, 0) is 16.6 Å². The molecule has 0 spiro atoms. The van der Waals surface area contributed by atoms with Gasteiger partial charge < -0.3 is 15.2 Å². The fraction of sp³-hybridized carbons (Fsp3) is 0.292. The molecule has 0 unspecified atom stereocenters. The highest BCUT2D eigenvalue weighted by molar-refractivity contribution is 6.31. The summed E-state index contributed by atoms with van der Waals surface area (Å²) in [6.07, 6.45) is 2.39. The molecule has 0 amide bonds. The molecular weight excluding hydrogens is 414 g/mol. The average Bonchev–Trinajstić information content (AvgIpc) is 2.70. The SMILES string of the molecule is CCc1nc(C)c(Oc2ccnc(Nc3cc(C)cc(C(C)(C)C(=O)O)c3)c2)cc1Cl. The number of nitrogens with zero attached hydrogens (tertiary/aromatic N) is 2. The van der Waals surface area contributed by atoms with Crippen LogP contribution in [0.2, 0.25) is 5.02 Å². The quantitative estimate of drug-likeness (QED) is 0.455. The van der Waals surface area contributed by atoms with Crippen LogP contribution in [0.4, 0.5) is 11.5 Å². The molecule has 31 heavy (non-hydrogen) atoms. The van der Waals surface area contributed by atoms with Crippen LogP contribution in [0.25, 0.3) is 0 Å². The van der Waals surface area contributed by atoms with Gasteiger partial charge in [0.25, 0.3) is 0 Å². The van der Waals surface area contributed by atoms with Crippen molar-refractivity contribution >= 4 is 29.1 Å². The van der Waals surface area contributed by atoms with Crippen molar-refractivity contribution in [2.45, 2.75) is 46.5 Å². The number of aliphatic carboxylic acids is 1. The topological polar surface area (TPSA) is 84.3 Å². The molecule has 1 aromatic carbocycles. The smallest absolute Gasteiger partial charge is 0.313 e. The molecule has 0 fully saturated rings. The van der Waals surface area contributed by atoms with Crippen molar-refractivity contribution < 1.29 is 14.6 Å². The number of hydrogen-bond acceptors (Lipinski definition) is 5. The van der Waals surface area contributed by atoms with Crippen molar-refractivity contribution in [3.8, 4) is 11.5 Å². The predicted molar refractivity (Wildman–Crippen MR) is 123 cm³/mol. The monoisotopic (exact) mass is 439 g/mol. The second-order valence-corrected chi connectivity index (χ2v) is 8.38. The molecule has 3 aromatic rings. The predicted octanol–water partition coefficient (Wildman–Crippen LogP) is 6.21. The van der Waals surface area contributed by atoms with Gasteiger partial charge in [-0.15, -0.1) is 0 Å². The lowest BCUT2D eigenvalue weighted by Gasteiger charge is -2.21. The van der Waals surface area contributed by atoms with Gasteiger partial charge >= 0.3 is 5.97 Å². The van der Waals surface area contributed by atoms with Gasteiger partial charge in [-0.2, -0.15) is 0 Å². The number of carbonyl (C=O) groups is 1. The van der Waals surface area contributed by atoms with Crippen molar-refractivity contribution in [3.05, 3.63) is 70.1 Å². The number of ether oxygens (including phenoxy) is 1. The molecule has 0 bridgehead atoms. The number of benzene rings is 1. The first-order valence-electron chi connectivity index (χ1n) is 10.0. The van der Waals surface area contributed by atoms with Crippen molar-refractivity contribution in [3.63, 3.8) is 0 Å². The van der Waals surface area contributed by atoms with Crippen LogP contribution in [0.15, 0.2) is 42.6 Å². The molecule has 162 valence electrons. The second-order valence-electron chi connectivity index (χ2n) is 7.98. The van der Waals surface area contributed by atoms with Gasteiger partial charge in [-0.25, -0.2) is 4.98 Å². The zero-order chi connectivity index (χ0) is 22.8. The summed E-state index contributed by atoms with van der Waals surface area (Å²) in [4.78, 5) is 20.5. The summed E-state index contributed by atoms with van der Waals surface area (Å²) < 4.78 is 6.00. The van der Waals surface area contributed by atoms with Crippen molar-refractivity contribution in [2.24, 2.45) is 0 Å². The van der Waals surface area contributed by atoms with Gasteiger partial charge in [0.1, 0.15) is 17.3 Å². The summed E-state index contributed by atoms with van der Waals surface area (Å²) in [7, 11) is 0. The number of nitrogens with one attached hydrogen (secondary N) is 1. The third-order valence-electron chi connectivity index (χ3n) is 5.09. The molecular formula is C24H26ClN3O3. The fourth-order valence-electron chi connectivity index (χ4n) is 3.12. The number of aromatic nitrogens is 2. The minimum atomic E-state index is -1.00. The van der Waals surface area contributed by atoms with E-state index in [1.165, 1.54) is 0 Å². The zero-order valence-corrected chi connectivity index (χ0v) is 19.0. The van der Waals surface area contributed by atoms with E-state index in [-0.39, 0.29) is 0 Å². The number of hydrogen-bond donors (Lipinski definition) is 2. The number of aryl methyl sites for hydroxylation is 3. The van der Waals surface area contributed by atoms with E-state index in [2.05, 4.69) is 15.3 Å². The van der Waals surface area contributed by atoms with Crippen LogP contribution < -0.4 is 10.1 Å². The van der Waals surface area contributed by atoms with Crippen LogP contribution in [0.5, 0.6) is 11.5 Å². The van der Waals surface area contributed by atoms with Gasteiger partial charge in [0.15, 0.2) is 0 Å². The Hall–Kier alpha value is -3.12. The molecule has 2 aromatic heterocycles. The minimum absolute atomic E-state index is 0.573. The van der Waals surface area contributed by atoms with Gasteiger partial charge in [0.2, 0.25) is 0 Å². The normalized spacial score (nSPS) is 11.3. The van der Waals surface area contributed by atoms with Crippen molar-refractivity contribution in [1.82, 2.24) is 9.97 Å². The first kappa shape index (κ1) is 22.6. The summed E-state index contributed by atoms with van der Waals surface area (Å²) in [5.41, 5.74) is 3.00. The number of halogens is 1. The van der Waals surface area contributed by atoms with E-state index in [0.717, 1.165) is 29.1 Å². The van der Waals surface area contributed by atoms with Crippen LogP contribution in [0.3, 0.4) is 0 Å². The van der Waals surface area contributed by atoms with Crippen LogP contribution in [0.1, 0.15) is 43.3 Å². The van der Waals surface area contributed by atoms with Crippen LogP contribution in [-0.4, -0.2) is 21.0 Å². The summed E-state index contributed by atoms with van der Waals surface area (Å²) in [6, 6.07) is 10.9. The molecule has 0 aliphatic heterocycles. The Bertz CT molecular complexity index is 1130. The molecule has 0 radical (unpaired) electrons. The Kier molecular flexibility index (Phi) is 6.51. The number of rotatable bonds is 7. The van der Waals surface area contributed by atoms with E-state index in [9.17, 15) is 9.90 Å². The Morgan fingerprint density at radius 3 is 2.61 bits per heavy atom. The molecule has 0 saturated heterocycles. The molecule has 2 N–H and O–H groups in total. The van der Waals surface area contributed by atoms with E-state index in [1.54, 1.807) is 38.2 Å². The second kappa shape index (κ2) is 8.94. The maximum atomic E-state index is 11.6. The summed E-state index contributed by atoms with van der Waals surface area (Å²) in [5, 5.41) is 13.4. The Balaban J connectivity index is 1.86. The molecule has 0 aliphatic carbocycles. The highest BCUT2D eigenvalue weighted by atomic mass is 35.5. The Morgan fingerprint density at radius 2 is 1.94 bits per heavy atom. The minimum Gasteiger partial charge on any atom is -0.481 e. The number of carboxylic acids is 1. The highest BCUT2D eigenvalue weighted by Crippen LogP contribution is 2.31. The standard InChI is InChI=1S/C24H26ClN3O3/c1-6-20-19(25)13-21(15(3)27-20)31-18-7-8-26-22(12-18)28-17-10-14(2)9-16(11-17)24(4,5)23(29)30/h7-13H,6H2,1-5H3,(H,26,28)(H,29,30). The molecule has 0 saturated carbocycles. The van der Waals surface area contributed by atoms with Gasteiger partial charge in [-0.3, -0.25) is 9.78 Å². The van der Waals surface area contributed by atoms with Gasteiger partial charge in [0, 0.05) is 24.0 Å². The molecule has 2 heterocycles. The summed E-state index contributed by atoms with van der Waals surface area (Å²) in [5.74, 6) is 0.861. The molecule has 0 aliphatic rings. The third kappa shape index (κ3) is 5.14. The largest absolute Gasteiger partial charge is 0.481 e. The Labute approximate surface area is 187 Å². The lowest BCUT2D eigenvalue weighted by Crippen LogP contribution is -2.28. The number of anilines is 2. The maximum Gasteiger partial charge on any atom is 0.313 e. The van der Waals surface area contributed by atoms with E-state index in [1.807, 2.05) is 39.0 Å². The molecule has 6 nitrogen and oxygen atoms in total. The van der Waals surface area contributed by atoms with Crippen LogP contribution in [0, 0.1) is 13.8 Å². The first-order valence-corrected chi connectivity index (χ1v) is 10.4. The Morgan fingerprint density at radius 1 is 1.19 bits per heavy atom. The van der Waals surface area contributed by atoms with E-state index < -0.39 is 11.4 Å². The van der Waals surface area contributed by atoms with E-state index in [0.29, 0.717) is 27.9 Å². The molecule has 0 atom stereocenters. The maximum absolute atomic E-state index is 11.6. The molecule has 7 heteroatoms. The highest BCUT2D eigenvalue weighted by Gasteiger charge is 2.29. The first-order chi connectivity index (χ1) is 14.6. The fourth-order valence-corrected chi connectivity index (χ4v) is 3.40. The van der Waals surface area contributed by atoms with E-state index in [4.69, 9.17) is 16.3 Å². The van der Waals surface area contributed by atoms with E-state index >= 15 is 0 Å². The lowest BCUT2D eigenvalue weighted by molar-refractivity contribution is -0.142. The third-order valence-corrected chi connectivity index (χ3v) is 5.42. The van der Waals surface area contributed by atoms with Gasteiger partial charge in [-0.1, -0.05) is 24.6 Å². The molecule has 3 rings (SSSR count). The van der Waals surface area contributed by atoms with Gasteiger partial charge in [-0.05, 0) is 63.4 Å². The van der Waals surface area contributed by atoms with Crippen molar-refractivity contribution in [2.75, 3.05) is 5.32 Å². The number of pyridine rings is 2.